The van der Waals surface area contributed by atoms with E-state index in [1.54, 1.807) is 0 Å². The minimum absolute atomic E-state index is 0.0580. The van der Waals surface area contributed by atoms with Crippen molar-refractivity contribution < 1.29 is 22.3 Å². The molecule has 0 unspecified atom stereocenters. The van der Waals surface area contributed by atoms with Crippen LogP contribution in [0, 0.1) is 5.82 Å². The minimum atomic E-state index is -4.70. The van der Waals surface area contributed by atoms with Crippen molar-refractivity contribution in [1.29, 1.82) is 0 Å². The fourth-order valence-electron chi connectivity index (χ4n) is 5.51. The number of nitrogens with zero attached hydrogens (tertiary/aromatic N) is 4. The van der Waals surface area contributed by atoms with E-state index in [2.05, 4.69) is 10.3 Å². The summed E-state index contributed by atoms with van der Waals surface area (Å²) in [5, 5.41) is 3.69. The Hall–Kier alpha value is -2.67. The SMILES string of the molecule is C[C@@H]1CN(c2nc(=O)n3c4c(c(-c5ccc(F)cc5)c(C(F)(F)F)cc24)SC[C@@H](OCCN(C)C)C3)C[C@H](C)N1. The molecule has 3 aromatic rings. The molecule has 40 heavy (non-hydrogen) atoms. The van der Waals surface area contributed by atoms with Crippen LogP contribution in [0.2, 0.25) is 0 Å². The van der Waals surface area contributed by atoms with E-state index in [1.807, 2.05) is 37.7 Å². The Kier molecular flexibility index (Phi) is 8.15. The second-order valence-corrected chi connectivity index (χ2v) is 11.9. The molecule has 7 nitrogen and oxygen atoms in total. The first-order chi connectivity index (χ1) is 18.9. The van der Waals surface area contributed by atoms with E-state index in [-0.39, 0.29) is 41.0 Å². The van der Waals surface area contributed by atoms with Gasteiger partial charge in [0.25, 0.3) is 0 Å². The van der Waals surface area contributed by atoms with E-state index in [0.717, 1.165) is 18.2 Å². The molecule has 3 heterocycles. The number of anilines is 1. The Morgan fingerprint density at radius 3 is 2.42 bits per heavy atom. The number of ether oxygens (including phenoxy) is 1. The maximum atomic E-state index is 14.7. The van der Waals surface area contributed by atoms with Crippen molar-refractivity contribution in [3.05, 3.63) is 52.2 Å². The number of likely N-dealkylation sites (N-methyl/N-ethyl adjacent to an activating group) is 1. The zero-order chi connectivity index (χ0) is 28.8. The summed E-state index contributed by atoms with van der Waals surface area (Å²) >= 11 is 1.24. The number of hydrogen-bond acceptors (Lipinski definition) is 7. The maximum absolute atomic E-state index is 14.7. The van der Waals surface area contributed by atoms with E-state index in [1.165, 1.54) is 28.5 Å². The summed E-state index contributed by atoms with van der Waals surface area (Å²) in [5.41, 5.74) is -0.801. The van der Waals surface area contributed by atoms with Gasteiger partial charge in [0.05, 0.1) is 30.3 Å². The third-order valence-corrected chi connectivity index (χ3v) is 8.41. The molecule has 0 radical (unpaired) electrons. The van der Waals surface area contributed by atoms with Gasteiger partial charge in [-0.15, -0.1) is 11.8 Å². The Labute approximate surface area is 234 Å². The smallest absolute Gasteiger partial charge is 0.374 e. The van der Waals surface area contributed by atoms with Crippen molar-refractivity contribution >= 4 is 28.5 Å². The van der Waals surface area contributed by atoms with Crippen LogP contribution in [0.3, 0.4) is 0 Å². The molecule has 2 aliphatic rings. The normalized spacial score (nSPS) is 21.7. The van der Waals surface area contributed by atoms with E-state index < -0.39 is 29.4 Å². The molecular weight excluding hydrogens is 546 g/mol. The lowest BCUT2D eigenvalue weighted by Crippen LogP contribution is -2.55. The zero-order valence-electron chi connectivity index (χ0n) is 22.9. The fourth-order valence-corrected chi connectivity index (χ4v) is 6.79. The Morgan fingerprint density at radius 1 is 1.12 bits per heavy atom. The van der Waals surface area contributed by atoms with Gasteiger partial charge in [-0.05, 0) is 51.7 Å². The summed E-state index contributed by atoms with van der Waals surface area (Å²) in [7, 11) is 3.84. The summed E-state index contributed by atoms with van der Waals surface area (Å²) in [6, 6.07) is 6.22. The maximum Gasteiger partial charge on any atom is 0.417 e. The number of halogens is 4. The number of thioether (sulfide) groups is 1. The monoisotopic (exact) mass is 579 g/mol. The minimum Gasteiger partial charge on any atom is -0.374 e. The van der Waals surface area contributed by atoms with E-state index in [4.69, 9.17) is 4.74 Å². The third-order valence-electron chi connectivity index (χ3n) is 7.19. The fraction of sp³-hybridized carbons (Fsp3) is 0.500. The van der Waals surface area contributed by atoms with Gasteiger partial charge in [-0.1, -0.05) is 12.1 Å². The van der Waals surface area contributed by atoms with E-state index >= 15 is 0 Å². The molecular formula is C28H33F4N5O2S. The lowest BCUT2D eigenvalue weighted by Gasteiger charge is -2.37. The number of hydrogen-bond donors (Lipinski definition) is 1. The second-order valence-electron chi connectivity index (χ2n) is 10.8. The van der Waals surface area contributed by atoms with Crippen LogP contribution < -0.4 is 15.9 Å². The van der Waals surface area contributed by atoms with Gasteiger partial charge < -0.3 is 19.9 Å². The quantitative estimate of drug-likeness (QED) is 0.433. The van der Waals surface area contributed by atoms with E-state index in [0.29, 0.717) is 42.4 Å². The largest absolute Gasteiger partial charge is 0.417 e. The van der Waals surface area contributed by atoms with Crippen molar-refractivity contribution in [1.82, 2.24) is 19.8 Å². The van der Waals surface area contributed by atoms with Crippen LogP contribution in [0.5, 0.6) is 0 Å². The van der Waals surface area contributed by atoms with Gasteiger partial charge >= 0.3 is 11.9 Å². The topological polar surface area (TPSA) is 62.6 Å². The first-order valence-corrected chi connectivity index (χ1v) is 14.3. The molecule has 5 rings (SSSR count). The van der Waals surface area contributed by atoms with Gasteiger partial charge in [0.1, 0.15) is 11.6 Å². The van der Waals surface area contributed by atoms with Gasteiger partial charge in [0, 0.05) is 53.3 Å². The molecule has 1 aromatic heterocycles. The van der Waals surface area contributed by atoms with Crippen molar-refractivity contribution in [3.8, 4) is 11.1 Å². The second kappa shape index (κ2) is 11.3. The summed E-state index contributed by atoms with van der Waals surface area (Å²) in [6.45, 7) is 6.21. The molecule has 0 amide bonds. The van der Waals surface area contributed by atoms with Gasteiger partial charge in [0.15, 0.2) is 0 Å². The number of nitrogens with one attached hydrogen (secondary N) is 1. The molecule has 12 heteroatoms. The first-order valence-electron chi connectivity index (χ1n) is 13.3. The highest BCUT2D eigenvalue weighted by Gasteiger charge is 2.39. The summed E-state index contributed by atoms with van der Waals surface area (Å²) < 4.78 is 65.6. The van der Waals surface area contributed by atoms with Crippen molar-refractivity contribution in [2.75, 3.05) is 51.0 Å². The molecule has 1 N–H and O–H groups in total. The van der Waals surface area contributed by atoms with Crippen LogP contribution in [0.4, 0.5) is 23.4 Å². The molecule has 2 aliphatic heterocycles. The predicted molar refractivity (Wildman–Crippen MR) is 150 cm³/mol. The molecule has 1 saturated heterocycles. The summed E-state index contributed by atoms with van der Waals surface area (Å²) in [6.07, 6.45) is -5.12. The molecule has 216 valence electrons. The Bertz CT molecular complexity index is 1430. The van der Waals surface area contributed by atoms with Crippen molar-refractivity contribution in [2.45, 2.75) is 49.7 Å². The predicted octanol–water partition coefficient (Wildman–Crippen LogP) is 4.46. The van der Waals surface area contributed by atoms with Crippen LogP contribution in [0.1, 0.15) is 19.4 Å². The van der Waals surface area contributed by atoms with Crippen molar-refractivity contribution in [3.63, 3.8) is 0 Å². The number of piperazine rings is 1. The van der Waals surface area contributed by atoms with Crippen LogP contribution in [0.15, 0.2) is 40.0 Å². The van der Waals surface area contributed by atoms with Crippen molar-refractivity contribution in [2.24, 2.45) is 0 Å². The van der Waals surface area contributed by atoms with Gasteiger partial charge in [0.2, 0.25) is 0 Å². The van der Waals surface area contributed by atoms with Gasteiger partial charge in [-0.3, -0.25) is 4.57 Å². The van der Waals surface area contributed by atoms with Crippen LogP contribution in [-0.2, 0) is 17.5 Å². The van der Waals surface area contributed by atoms with Gasteiger partial charge in [-0.25, -0.2) is 9.18 Å². The highest BCUT2D eigenvalue weighted by atomic mass is 32.2. The number of benzene rings is 2. The first kappa shape index (κ1) is 28.8. The van der Waals surface area contributed by atoms with Crippen LogP contribution in [-0.4, -0.2) is 78.7 Å². The van der Waals surface area contributed by atoms with E-state index in [9.17, 15) is 22.4 Å². The third kappa shape index (κ3) is 5.86. The molecule has 0 saturated carbocycles. The standard InChI is InChI=1S/C28H33F4N5O2S/c1-16-12-36(13-17(2)33-16)26-21-11-22(28(30,31)32)23(18-5-7-19(29)8-6-18)25-24(21)37(27(38)34-26)14-20(15-40-25)39-10-9-35(3)4/h5-8,11,16-17,20,33H,9-10,12-15H2,1-4H3/t16-,17+,20-/m0/s1. The summed E-state index contributed by atoms with van der Waals surface area (Å²) in [5.74, 6) is 0.0497. The average molecular weight is 580 g/mol. The molecule has 0 aliphatic carbocycles. The van der Waals surface area contributed by atoms with Crippen LogP contribution in [0.25, 0.3) is 22.0 Å². The highest BCUT2D eigenvalue weighted by molar-refractivity contribution is 7.99. The Morgan fingerprint density at radius 2 is 1.80 bits per heavy atom. The Balaban J connectivity index is 1.77. The number of aromatic nitrogens is 2. The lowest BCUT2D eigenvalue weighted by atomic mass is 9.96. The highest BCUT2D eigenvalue weighted by Crippen LogP contribution is 2.48. The summed E-state index contributed by atoms with van der Waals surface area (Å²) in [4.78, 5) is 22.2. The van der Waals surface area contributed by atoms with Crippen LogP contribution >= 0.6 is 11.8 Å². The molecule has 3 atom stereocenters. The number of alkyl halides is 3. The average Bonchev–Trinajstić information content (AvgIpc) is 3.06. The molecule has 1 fully saturated rings. The molecule has 2 aromatic carbocycles. The lowest BCUT2D eigenvalue weighted by molar-refractivity contribution is -0.137. The molecule has 0 bridgehead atoms. The molecule has 0 spiro atoms. The number of rotatable bonds is 6. The zero-order valence-corrected chi connectivity index (χ0v) is 23.7. The van der Waals surface area contributed by atoms with Gasteiger partial charge in [-0.2, -0.15) is 18.2 Å².